The minimum absolute atomic E-state index is 0.0251. The highest BCUT2D eigenvalue weighted by atomic mass is 16.3. The summed E-state index contributed by atoms with van der Waals surface area (Å²) in [6, 6.07) is 21.2. The smallest absolute Gasteiger partial charge is 0.327 e. The number of aliphatic hydroxyl groups excluding tert-OH is 2. The van der Waals surface area contributed by atoms with Crippen molar-refractivity contribution >= 4 is 46.6 Å². The van der Waals surface area contributed by atoms with Crippen molar-refractivity contribution in [3.8, 4) is 0 Å². The predicted octanol–water partition coefficient (Wildman–Crippen LogP) is 2.79. The van der Waals surface area contributed by atoms with E-state index in [0.29, 0.717) is 54.7 Å². The minimum Gasteiger partial charge on any atom is -0.388 e. The van der Waals surface area contributed by atoms with Gasteiger partial charge in [-0.3, -0.25) is 14.7 Å². The van der Waals surface area contributed by atoms with Gasteiger partial charge in [0.1, 0.15) is 18.8 Å². The first kappa shape index (κ1) is 34.9. The molecule has 2 aliphatic heterocycles. The summed E-state index contributed by atoms with van der Waals surface area (Å²) in [5, 5.41) is 31.9. The van der Waals surface area contributed by atoms with Gasteiger partial charge in [-0.15, -0.1) is 0 Å². The number of nitrogens with one attached hydrogen (secondary N) is 3. The number of hydrogen-bond acceptors (Lipinski definition) is 11. The van der Waals surface area contributed by atoms with Crippen LogP contribution in [0.1, 0.15) is 35.9 Å². The number of likely N-dealkylation sites (N-methyl/N-ethyl adjacent to an activating group) is 1. The highest BCUT2D eigenvalue weighted by Crippen LogP contribution is 2.38. The van der Waals surface area contributed by atoms with Gasteiger partial charge < -0.3 is 40.5 Å². The van der Waals surface area contributed by atoms with E-state index in [9.17, 15) is 24.6 Å². The maximum atomic E-state index is 12.9. The van der Waals surface area contributed by atoms with E-state index < -0.39 is 36.2 Å². The van der Waals surface area contributed by atoms with E-state index in [-0.39, 0.29) is 31.0 Å². The van der Waals surface area contributed by atoms with E-state index in [1.165, 1.54) is 11.9 Å². The molecule has 1 saturated carbocycles. The van der Waals surface area contributed by atoms with Gasteiger partial charge in [0, 0.05) is 44.8 Å². The molecule has 1 aliphatic carbocycles. The third-order valence-corrected chi connectivity index (χ3v) is 10.5. The maximum Gasteiger partial charge on any atom is 0.327 e. The lowest BCUT2D eigenvalue weighted by Gasteiger charge is -2.24. The number of fused-ring (bicyclic) bond motifs is 1. The van der Waals surface area contributed by atoms with Crippen LogP contribution in [0, 0.1) is 0 Å². The van der Waals surface area contributed by atoms with Crippen molar-refractivity contribution in [1.29, 1.82) is 0 Å². The molecular weight excluding hydrogens is 690 g/mol. The molecule has 278 valence electrons. The number of urea groups is 2. The van der Waals surface area contributed by atoms with Crippen LogP contribution in [0.3, 0.4) is 0 Å². The van der Waals surface area contributed by atoms with Gasteiger partial charge in [0.25, 0.3) is 5.91 Å². The summed E-state index contributed by atoms with van der Waals surface area (Å²) in [4.78, 5) is 61.5. The van der Waals surface area contributed by atoms with E-state index in [0.717, 1.165) is 16.0 Å². The van der Waals surface area contributed by atoms with E-state index in [1.807, 2.05) is 41.3 Å². The lowest BCUT2D eigenvalue weighted by Crippen LogP contribution is -2.47. The molecule has 0 bridgehead atoms. The van der Waals surface area contributed by atoms with Crippen LogP contribution in [-0.4, -0.2) is 120 Å². The quantitative estimate of drug-likeness (QED) is 0.133. The van der Waals surface area contributed by atoms with Crippen LogP contribution in [0.5, 0.6) is 0 Å². The van der Waals surface area contributed by atoms with Crippen LogP contribution < -0.4 is 20.9 Å². The van der Waals surface area contributed by atoms with Crippen molar-refractivity contribution in [3.05, 3.63) is 103 Å². The zero-order valence-corrected chi connectivity index (χ0v) is 29.6. The van der Waals surface area contributed by atoms with Crippen LogP contribution in [0.2, 0.25) is 0 Å². The molecule has 5 heterocycles. The molecule has 2 aromatic carbocycles. The SMILES string of the molecule is CN1CC(=O)N([C@H]2C[C@@H](n3cnc4c(NCC(c5ccccc5)c5ccccc5)nc(N5CC[C@@H](NC(=O)Nc6cccnc6)C5)nc43)[C@H](O)[C@@H]2O)C1=O. The number of carbonyl (C=O) groups is 3. The number of rotatable bonds is 10. The average Bonchev–Trinajstić information content (AvgIpc) is 3.95. The largest absolute Gasteiger partial charge is 0.388 e. The van der Waals surface area contributed by atoms with Crippen LogP contribution in [0.25, 0.3) is 11.2 Å². The molecule has 5 aromatic rings. The molecule has 5 atom stereocenters. The molecule has 0 unspecified atom stereocenters. The number of imide groups is 1. The number of aromatic nitrogens is 5. The standard InChI is InChI=1S/C38H41N11O5/c1-46-21-30(50)49(38(46)54)29-17-28(32(51)33(29)52)48-22-41-31-34(40-19-27(23-9-4-2-5-10-23)24-11-6-3-7-12-24)44-36(45-35(31)48)47-16-14-26(20-47)43-37(53)42-25-13-8-15-39-18-25/h2-13,15,18,22,26-29,32-33,51-52H,14,16-17,19-21H2,1H3,(H,40,44,45)(H2,42,43,53)/t26-,28-,29+,32+,33-/m1/s1. The second kappa shape index (κ2) is 14.7. The second-order valence-electron chi connectivity index (χ2n) is 14.0. The first-order chi connectivity index (χ1) is 26.2. The van der Waals surface area contributed by atoms with Crippen molar-refractivity contribution in [1.82, 2.24) is 39.6 Å². The Morgan fingerprint density at radius 1 is 0.944 bits per heavy atom. The highest BCUT2D eigenvalue weighted by Gasteiger charge is 2.51. The van der Waals surface area contributed by atoms with E-state index in [2.05, 4.69) is 45.2 Å². The number of imidazole rings is 1. The Balaban J connectivity index is 1.11. The van der Waals surface area contributed by atoms with Gasteiger partial charge in [0.2, 0.25) is 5.95 Å². The van der Waals surface area contributed by atoms with Gasteiger partial charge >= 0.3 is 12.1 Å². The molecule has 16 heteroatoms. The van der Waals surface area contributed by atoms with E-state index >= 15 is 0 Å². The predicted molar refractivity (Wildman–Crippen MR) is 200 cm³/mol. The second-order valence-corrected chi connectivity index (χ2v) is 14.0. The van der Waals surface area contributed by atoms with Crippen molar-refractivity contribution in [2.75, 3.05) is 48.8 Å². The van der Waals surface area contributed by atoms with Gasteiger partial charge in [0.05, 0.1) is 30.3 Å². The van der Waals surface area contributed by atoms with Crippen LogP contribution in [0.15, 0.2) is 91.5 Å². The molecule has 0 radical (unpaired) electrons. The first-order valence-electron chi connectivity index (χ1n) is 18.0. The summed E-state index contributed by atoms with van der Waals surface area (Å²) in [5.41, 5.74) is 3.70. The lowest BCUT2D eigenvalue weighted by atomic mass is 9.91. The molecule has 2 saturated heterocycles. The Morgan fingerprint density at radius 2 is 1.67 bits per heavy atom. The maximum absolute atomic E-state index is 12.9. The zero-order chi connectivity index (χ0) is 37.3. The van der Waals surface area contributed by atoms with Crippen molar-refractivity contribution in [2.24, 2.45) is 0 Å². The minimum atomic E-state index is -1.37. The molecular formula is C38H41N11O5. The fourth-order valence-corrected chi connectivity index (χ4v) is 7.74. The Bertz CT molecular complexity index is 2100. The van der Waals surface area contributed by atoms with Gasteiger partial charge in [-0.25, -0.2) is 14.6 Å². The van der Waals surface area contributed by atoms with E-state index in [4.69, 9.17) is 15.0 Å². The normalized spacial score (nSPS) is 22.8. The number of nitrogens with zero attached hydrogens (tertiary/aromatic N) is 8. The summed E-state index contributed by atoms with van der Waals surface area (Å²) in [6.07, 6.45) is 2.83. The monoisotopic (exact) mass is 731 g/mol. The molecule has 5 N–H and O–H groups in total. The number of carbonyl (C=O) groups excluding carboxylic acids is 3. The summed E-state index contributed by atoms with van der Waals surface area (Å²) in [6.45, 7) is 1.39. The highest BCUT2D eigenvalue weighted by molar-refractivity contribution is 6.02. The third-order valence-electron chi connectivity index (χ3n) is 10.5. The van der Waals surface area contributed by atoms with Gasteiger partial charge in [-0.05, 0) is 36.1 Å². The van der Waals surface area contributed by atoms with Crippen molar-refractivity contribution < 1.29 is 24.6 Å². The first-order valence-corrected chi connectivity index (χ1v) is 18.0. The number of anilines is 3. The topological polar surface area (TPSA) is 194 Å². The molecule has 0 spiro atoms. The molecule has 16 nitrogen and oxygen atoms in total. The Labute approximate surface area is 310 Å². The molecule has 54 heavy (non-hydrogen) atoms. The van der Waals surface area contributed by atoms with Crippen molar-refractivity contribution in [2.45, 2.75) is 49.1 Å². The number of benzene rings is 2. The fraction of sp³-hybridized carbons (Fsp3) is 0.342. The number of amides is 5. The Kier molecular flexibility index (Phi) is 9.52. The lowest BCUT2D eigenvalue weighted by molar-refractivity contribution is -0.128. The van der Waals surface area contributed by atoms with Crippen LogP contribution in [0.4, 0.5) is 27.0 Å². The summed E-state index contributed by atoms with van der Waals surface area (Å²) in [7, 11) is 1.53. The van der Waals surface area contributed by atoms with Gasteiger partial charge in [0.15, 0.2) is 17.0 Å². The van der Waals surface area contributed by atoms with Crippen molar-refractivity contribution in [3.63, 3.8) is 0 Å². The van der Waals surface area contributed by atoms with Gasteiger partial charge in [-0.2, -0.15) is 9.97 Å². The van der Waals surface area contributed by atoms with Crippen LogP contribution >= 0.6 is 0 Å². The molecule has 3 fully saturated rings. The van der Waals surface area contributed by atoms with E-state index in [1.54, 1.807) is 35.4 Å². The molecule has 5 amide bonds. The summed E-state index contributed by atoms with van der Waals surface area (Å²) < 4.78 is 1.70. The molecule has 3 aromatic heterocycles. The molecule has 8 rings (SSSR count). The number of pyridine rings is 1. The third kappa shape index (κ3) is 6.76. The Hall–Kier alpha value is -6.13. The number of aliphatic hydroxyl groups is 2. The summed E-state index contributed by atoms with van der Waals surface area (Å²) >= 11 is 0. The summed E-state index contributed by atoms with van der Waals surface area (Å²) in [5.74, 6) is 0.426. The zero-order valence-electron chi connectivity index (χ0n) is 29.6. The fourth-order valence-electron chi connectivity index (χ4n) is 7.74. The molecule has 3 aliphatic rings. The Morgan fingerprint density at radius 3 is 2.33 bits per heavy atom. The van der Waals surface area contributed by atoms with Crippen LogP contribution in [-0.2, 0) is 4.79 Å². The number of hydrogen-bond donors (Lipinski definition) is 5. The average molecular weight is 732 g/mol. The van der Waals surface area contributed by atoms with Gasteiger partial charge in [-0.1, -0.05) is 60.7 Å².